The molecule has 0 unspecified atom stereocenters. The molecule has 0 saturated heterocycles. The van der Waals surface area contributed by atoms with E-state index in [9.17, 15) is 0 Å². The fraction of sp³-hybridized carbons (Fsp3) is 0. The number of benzene rings is 3. The van der Waals surface area contributed by atoms with Gasteiger partial charge in [0.1, 0.15) is 0 Å². The lowest BCUT2D eigenvalue weighted by molar-refractivity contribution is 1.28. The highest BCUT2D eigenvalue weighted by atomic mass is 35.5. The summed E-state index contributed by atoms with van der Waals surface area (Å²) in [4.78, 5) is 2.06. The number of para-hydroxylation sites is 3. The number of nitrogens with zero attached hydrogens (tertiary/aromatic N) is 1. The lowest BCUT2D eigenvalue weighted by atomic mass is 10.2. The Labute approximate surface area is 134 Å². The van der Waals surface area contributed by atoms with Crippen molar-refractivity contribution in [2.45, 2.75) is 0 Å². The van der Waals surface area contributed by atoms with Gasteiger partial charge in [-0.2, -0.15) is 0 Å². The van der Waals surface area contributed by atoms with Crippen molar-refractivity contribution in [3.8, 4) is 0 Å². The quantitative estimate of drug-likeness (QED) is 0.536. The molecule has 0 saturated carbocycles. The molecule has 0 aromatic heterocycles. The van der Waals surface area contributed by atoms with Crippen molar-refractivity contribution in [3.05, 3.63) is 88.9 Å². The summed E-state index contributed by atoms with van der Waals surface area (Å²) >= 11 is 12.8. The molecular formula is C18H13Cl2N. The third-order valence-electron chi connectivity index (χ3n) is 3.20. The zero-order valence-electron chi connectivity index (χ0n) is 11.2. The number of hydrogen-bond acceptors (Lipinski definition) is 1. The SMILES string of the molecule is Clc1ccccc1N(c1ccccc1)c1ccccc1Cl. The molecule has 0 aliphatic carbocycles. The first-order valence-corrected chi connectivity index (χ1v) is 7.37. The van der Waals surface area contributed by atoms with Crippen molar-refractivity contribution in [1.82, 2.24) is 0 Å². The Morgan fingerprint density at radius 2 is 0.952 bits per heavy atom. The van der Waals surface area contributed by atoms with Crippen LogP contribution in [0.15, 0.2) is 78.9 Å². The van der Waals surface area contributed by atoms with Crippen molar-refractivity contribution < 1.29 is 0 Å². The summed E-state index contributed by atoms with van der Waals surface area (Å²) in [7, 11) is 0. The monoisotopic (exact) mass is 313 g/mol. The molecule has 1 nitrogen and oxygen atoms in total. The zero-order valence-corrected chi connectivity index (χ0v) is 12.7. The molecule has 0 spiro atoms. The Kier molecular flexibility index (Phi) is 4.14. The topological polar surface area (TPSA) is 3.24 Å². The van der Waals surface area contributed by atoms with Gasteiger partial charge in [0.2, 0.25) is 0 Å². The van der Waals surface area contributed by atoms with Gasteiger partial charge in [-0.25, -0.2) is 0 Å². The van der Waals surface area contributed by atoms with E-state index in [2.05, 4.69) is 4.90 Å². The summed E-state index contributed by atoms with van der Waals surface area (Å²) in [5.74, 6) is 0. The van der Waals surface area contributed by atoms with Crippen molar-refractivity contribution in [2.24, 2.45) is 0 Å². The molecule has 21 heavy (non-hydrogen) atoms. The molecule has 3 rings (SSSR count). The Balaban J connectivity index is 2.22. The third kappa shape index (κ3) is 2.90. The number of rotatable bonds is 3. The smallest absolute Gasteiger partial charge is 0.0648 e. The summed E-state index contributed by atoms with van der Waals surface area (Å²) in [5.41, 5.74) is 2.82. The predicted molar refractivity (Wildman–Crippen MR) is 91.1 cm³/mol. The maximum absolute atomic E-state index is 6.39. The first kappa shape index (κ1) is 14.0. The molecule has 0 N–H and O–H groups in total. The molecule has 3 aromatic carbocycles. The second-order valence-corrected chi connectivity index (χ2v) is 5.39. The highest BCUT2D eigenvalue weighted by Gasteiger charge is 2.16. The van der Waals surface area contributed by atoms with E-state index in [4.69, 9.17) is 23.2 Å². The van der Waals surface area contributed by atoms with Crippen LogP contribution in [0.25, 0.3) is 0 Å². The minimum Gasteiger partial charge on any atom is -0.307 e. The Hall–Kier alpha value is -1.96. The maximum Gasteiger partial charge on any atom is 0.0648 e. The van der Waals surface area contributed by atoms with Crippen molar-refractivity contribution in [2.75, 3.05) is 4.90 Å². The van der Waals surface area contributed by atoms with Gasteiger partial charge in [-0.1, -0.05) is 65.7 Å². The van der Waals surface area contributed by atoms with E-state index in [0.29, 0.717) is 10.0 Å². The van der Waals surface area contributed by atoms with E-state index < -0.39 is 0 Å². The van der Waals surface area contributed by atoms with Crippen LogP contribution in [0.2, 0.25) is 10.0 Å². The lowest BCUT2D eigenvalue weighted by Crippen LogP contribution is -2.10. The normalized spacial score (nSPS) is 10.4. The number of hydrogen-bond donors (Lipinski definition) is 0. The van der Waals surface area contributed by atoms with Crippen molar-refractivity contribution in [3.63, 3.8) is 0 Å². The van der Waals surface area contributed by atoms with Crippen LogP contribution in [0.1, 0.15) is 0 Å². The fourth-order valence-electron chi connectivity index (χ4n) is 2.25. The van der Waals surface area contributed by atoms with Gasteiger partial charge >= 0.3 is 0 Å². The molecule has 0 aliphatic heterocycles. The number of anilines is 3. The van der Waals surface area contributed by atoms with E-state index in [1.165, 1.54) is 0 Å². The Morgan fingerprint density at radius 1 is 0.524 bits per heavy atom. The molecule has 0 amide bonds. The van der Waals surface area contributed by atoms with Gasteiger partial charge in [-0.15, -0.1) is 0 Å². The molecule has 0 aliphatic rings. The van der Waals surface area contributed by atoms with Gasteiger partial charge < -0.3 is 4.90 Å². The molecule has 104 valence electrons. The van der Waals surface area contributed by atoms with Crippen LogP contribution in [0, 0.1) is 0 Å². The van der Waals surface area contributed by atoms with Crippen LogP contribution >= 0.6 is 23.2 Å². The maximum atomic E-state index is 6.39. The zero-order chi connectivity index (χ0) is 14.7. The van der Waals surface area contributed by atoms with Gasteiger partial charge in [0.25, 0.3) is 0 Å². The van der Waals surface area contributed by atoms with Gasteiger partial charge in [-0.3, -0.25) is 0 Å². The van der Waals surface area contributed by atoms with Gasteiger partial charge in [-0.05, 0) is 36.4 Å². The molecular weight excluding hydrogens is 301 g/mol. The molecule has 3 aromatic rings. The second-order valence-electron chi connectivity index (χ2n) is 4.57. The van der Waals surface area contributed by atoms with E-state index in [-0.39, 0.29) is 0 Å². The summed E-state index contributed by atoms with van der Waals surface area (Å²) in [6.07, 6.45) is 0. The average Bonchev–Trinajstić information content (AvgIpc) is 2.52. The van der Waals surface area contributed by atoms with Gasteiger partial charge in [0.15, 0.2) is 0 Å². The van der Waals surface area contributed by atoms with Crippen molar-refractivity contribution in [1.29, 1.82) is 0 Å². The van der Waals surface area contributed by atoms with Crippen LogP contribution < -0.4 is 4.90 Å². The first-order valence-electron chi connectivity index (χ1n) is 6.61. The summed E-state index contributed by atoms with van der Waals surface area (Å²) in [5, 5.41) is 1.36. The summed E-state index contributed by atoms with van der Waals surface area (Å²) in [6.45, 7) is 0. The van der Waals surface area contributed by atoms with Gasteiger partial charge in [0.05, 0.1) is 21.4 Å². The fourth-order valence-corrected chi connectivity index (χ4v) is 2.69. The van der Waals surface area contributed by atoms with Crippen LogP contribution in [-0.2, 0) is 0 Å². The van der Waals surface area contributed by atoms with E-state index >= 15 is 0 Å². The van der Waals surface area contributed by atoms with Crippen LogP contribution in [0.4, 0.5) is 17.1 Å². The minimum absolute atomic E-state index is 0.682. The Morgan fingerprint density at radius 3 is 1.43 bits per heavy atom. The number of halogens is 2. The standard InChI is InChI=1S/C18H13Cl2N/c19-15-10-4-6-12-17(15)21(14-8-2-1-3-9-14)18-13-7-5-11-16(18)20/h1-13H. The molecule has 3 heteroatoms. The van der Waals surface area contributed by atoms with E-state index in [1.54, 1.807) is 0 Å². The van der Waals surface area contributed by atoms with E-state index in [1.807, 2.05) is 78.9 Å². The Bertz CT molecular complexity index is 695. The average molecular weight is 314 g/mol. The minimum atomic E-state index is 0.682. The second kappa shape index (κ2) is 6.21. The summed E-state index contributed by atoms with van der Waals surface area (Å²) < 4.78 is 0. The van der Waals surface area contributed by atoms with E-state index in [0.717, 1.165) is 17.1 Å². The molecule has 0 fully saturated rings. The van der Waals surface area contributed by atoms with Crippen LogP contribution in [0.3, 0.4) is 0 Å². The van der Waals surface area contributed by atoms with Crippen LogP contribution in [0.5, 0.6) is 0 Å². The predicted octanol–water partition coefficient (Wildman–Crippen LogP) is 6.46. The first-order chi connectivity index (χ1) is 10.3. The summed E-state index contributed by atoms with van der Waals surface area (Å²) in [6, 6.07) is 25.5. The molecule has 0 bridgehead atoms. The molecule has 0 heterocycles. The highest BCUT2D eigenvalue weighted by molar-refractivity contribution is 6.35. The largest absolute Gasteiger partial charge is 0.307 e. The highest BCUT2D eigenvalue weighted by Crippen LogP contribution is 2.41. The van der Waals surface area contributed by atoms with Gasteiger partial charge in [0, 0.05) is 5.69 Å². The lowest BCUT2D eigenvalue weighted by Gasteiger charge is -2.27. The van der Waals surface area contributed by atoms with Crippen LogP contribution in [-0.4, -0.2) is 0 Å². The molecule has 0 radical (unpaired) electrons. The third-order valence-corrected chi connectivity index (χ3v) is 3.84. The molecule has 0 atom stereocenters. The van der Waals surface area contributed by atoms with Crippen molar-refractivity contribution >= 4 is 40.3 Å².